The number of benzene rings is 3. The molecule has 0 saturated carbocycles. The monoisotopic (exact) mass is 451 g/mol. The van der Waals surface area contributed by atoms with Crippen molar-refractivity contribution >= 4 is 33.8 Å². The van der Waals surface area contributed by atoms with Crippen molar-refractivity contribution in [2.24, 2.45) is 5.41 Å². The number of fused-ring (bicyclic) bond motifs is 1. The van der Waals surface area contributed by atoms with Gasteiger partial charge in [0.15, 0.2) is 0 Å². The van der Waals surface area contributed by atoms with E-state index in [1.54, 1.807) is 0 Å². The van der Waals surface area contributed by atoms with Crippen LogP contribution in [0.4, 0.5) is 22.9 Å². The Morgan fingerprint density at radius 2 is 1.26 bits per heavy atom. The number of hydrogen-bond acceptors (Lipinski definition) is 3. The Bertz CT molecular complexity index is 1280. The van der Waals surface area contributed by atoms with Gasteiger partial charge in [-0.1, -0.05) is 74.7 Å². The molecule has 1 aromatic heterocycles. The van der Waals surface area contributed by atoms with E-state index >= 15 is 0 Å². The van der Waals surface area contributed by atoms with Gasteiger partial charge >= 0.3 is 0 Å². The molecule has 4 rings (SSSR count). The minimum absolute atomic E-state index is 0.198. The van der Waals surface area contributed by atoms with Crippen molar-refractivity contribution in [3.05, 3.63) is 89.0 Å². The largest absolute Gasteiger partial charge is 0.355 e. The SMILES string of the molecule is Cc1ccc(Nc2nc3ccc(C)cc3c(Nc3ccc(C)cc3)c2C(C)CC(C)(C)C)cc1. The summed E-state index contributed by atoms with van der Waals surface area (Å²) in [5, 5.41) is 8.61. The highest BCUT2D eigenvalue weighted by Crippen LogP contribution is 2.43. The van der Waals surface area contributed by atoms with Crippen LogP contribution in [0.15, 0.2) is 66.7 Å². The predicted octanol–water partition coefficient (Wildman–Crippen LogP) is 9.19. The van der Waals surface area contributed by atoms with Gasteiger partial charge in [-0.25, -0.2) is 4.98 Å². The quantitative estimate of drug-likeness (QED) is 0.307. The van der Waals surface area contributed by atoms with Crippen LogP contribution in [0.25, 0.3) is 10.9 Å². The van der Waals surface area contributed by atoms with E-state index in [4.69, 9.17) is 4.98 Å². The first-order chi connectivity index (χ1) is 16.1. The molecule has 0 aliphatic heterocycles. The Morgan fingerprint density at radius 1 is 0.735 bits per heavy atom. The maximum Gasteiger partial charge on any atom is 0.136 e. The van der Waals surface area contributed by atoms with Gasteiger partial charge in [-0.3, -0.25) is 0 Å². The summed E-state index contributed by atoms with van der Waals surface area (Å²) in [6.45, 7) is 15.6. The van der Waals surface area contributed by atoms with Gasteiger partial charge in [-0.2, -0.15) is 0 Å². The maximum atomic E-state index is 5.15. The number of anilines is 4. The lowest BCUT2D eigenvalue weighted by Crippen LogP contribution is -2.14. The third-order valence-corrected chi connectivity index (χ3v) is 6.22. The molecule has 0 saturated heterocycles. The van der Waals surface area contributed by atoms with Gasteiger partial charge < -0.3 is 10.6 Å². The van der Waals surface area contributed by atoms with Gasteiger partial charge in [-0.15, -0.1) is 0 Å². The van der Waals surface area contributed by atoms with Crippen LogP contribution < -0.4 is 10.6 Å². The molecule has 0 radical (unpaired) electrons. The molecule has 1 heterocycles. The summed E-state index contributed by atoms with van der Waals surface area (Å²) in [7, 11) is 0. The lowest BCUT2D eigenvalue weighted by atomic mass is 9.81. The molecule has 3 aromatic carbocycles. The molecule has 0 aliphatic rings. The van der Waals surface area contributed by atoms with E-state index in [9.17, 15) is 0 Å². The number of nitrogens with zero attached hydrogens (tertiary/aromatic N) is 1. The van der Waals surface area contributed by atoms with Crippen molar-refractivity contribution in [2.45, 2.75) is 60.8 Å². The van der Waals surface area contributed by atoms with Crippen molar-refractivity contribution in [2.75, 3.05) is 10.6 Å². The van der Waals surface area contributed by atoms with E-state index < -0.39 is 0 Å². The Labute approximate surface area is 204 Å². The fourth-order valence-corrected chi connectivity index (χ4v) is 4.68. The lowest BCUT2D eigenvalue weighted by molar-refractivity contribution is 0.349. The van der Waals surface area contributed by atoms with E-state index in [-0.39, 0.29) is 5.41 Å². The Morgan fingerprint density at radius 3 is 1.82 bits per heavy atom. The first-order valence-electron chi connectivity index (χ1n) is 12.2. The second kappa shape index (κ2) is 9.50. The van der Waals surface area contributed by atoms with Crippen molar-refractivity contribution in [1.82, 2.24) is 4.98 Å². The summed E-state index contributed by atoms with van der Waals surface area (Å²) in [4.78, 5) is 5.15. The van der Waals surface area contributed by atoms with Gasteiger partial charge in [0.2, 0.25) is 0 Å². The molecule has 34 heavy (non-hydrogen) atoms. The molecule has 0 fully saturated rings. The predicted molar refractivity (Wildman–Crippen MR) is 148 cm³/mol. The third kappa shape index (κ3) is 5.59. The summed E-state index contributed by atoms with van der Waals surface area (Å²) in [6, 6.07) is 23.7. The minimum atomic E-state index is 0.198. The number of aromatic nitrogens is 1. The standard InChI is InChI=1S/C31H37N3/c1-20-8-13-24(14-9-20)32-29-26-18-22(3)12-17-27(26)34-30(28(29)23(4)19-31(5,6)7)33-25-15-10-21(2)11-16-25/h8-18,23H,19H2,1-7H3,(H2,32,33,34). The molecule has 2 N–H and O–H groups in total. The van der Waals surface area contributed by atoms with Crippen LogP contribution in [-0.2, 0) is 0 Å². The second-order valence-corrected chi connectivity index (χ2v) is 10.9. The van der Waals surface area contributed by atoms with Crippen LogP contribution in [0.1, 0.15) is 62.3 Å². The van der Waals surface area contributed by atoms with Crippen molar-refractivity contribution in [3.8, 4) is 0 Å². The van der Waals surface area contributed by atoms with E-state index in [0.717, 1.165) is 40.2 Å². The average molecular weight is 452 g/mol. The maximum absolute atomic E-state index is 5.15. The lowest BCUT2D eigenvalue weighted by Gasteiger charge is -2.28. The average Bonchev–Trinajstić information content (AvgIpc) is 2.76. The minimum Gasteiger partial charge on any atom is -0.355 e. The molecule has 0 aliphatic carbocycles. The molecule has 0 spiro atoms. The number of hydrogen-bond donors (Lipinski definition) is 2. The van der Waals surface area contributed by atoms with Crippen LogP contribution in [0.5, 0.6) is 0 Å². The summed E-state index contributed by atoms with van der Waals surface area (Å²) in [5.41, 5.74) is 9.43. The summed E-state index contributed by atoms with van der Waals surface area (Å²) in [6.07, 6.45) is 1.05. The zero-order valence-electron chi connectivity index (χ0n) is 21.6. The zero-order chi connectivity index (χ0) is 24.5. The van der Waals surface area contributed by atoms with E-state index in [1.807, 2.05) is 0 Å². The number of aryl methyl sites for hydroxylation is 3. The molecule has 176 valence electrons. The Kier molecular flexibility index (Phi) is 6.65. The molecule has 0 amide bonds. The second-order valence-electron chi connectivity index (χ2n) is 10.9. The third-order valence-electron chi connectivity index (χ3n) is 6.22. The van der Waals surface area contributed by atoms with Crippen LogP contribution in [0, 0.1) is 26.2 Å². The highest BCUT2D eigenvalue weighted by atomic mass is 15.0. The highest BCUT2D eigenvalue weighted by molar-refractivity contribution is 5.98. The molecule has 3 heteroatoms. The number of nitrogens with one attached hydrogen (secondary N) is 2. The van der Waals surface area contributed by atoms with E-state index in [2.05, 4.69) is 126 Å². The summed E-state index contributed by atoms with van der Waals surface area (Å²) < 4.78 is 0. The molecule has 0 bridgehead atoms. The highest BCUT2D eigenvalue weighted by Gasteiger charge is 2.25. The molecule has 4 aromatic rings. The van der Waals surface area contributed by atoms with Crippen LogP contribution >= 0.6 is 0 Å². The molecular formula is C31H37N3. The van der Waals surface area contributed by atoms with Gasteiger partial charge in [0.1, 0.15) is 5.82 Å². The first kappa shape index (κ1) is 23.8. The van der Waals surface area contributed by atoms with E-state index in [1.165, 1.54) is 22.3 Å². The normalized spacial score (nSPS) is 12.6. The van der Waals surface area contributed by atoms with Crippen molar-refractivity contribution in [3.63, 3.8) is 0 Å². The van der Waals surface area contributed by atoms with Crippen molar-refractivity contribution < 1.29 is 0 Å². The first-order valence-corrected chi connectivity index (χ1v) is 12.2. The zero-order valence-corrected chi connectivity index (χ0v) is 21.6. The Hall–Kier alpha value is -3.33. The van der Waals surface area contributed by atoms with Crippen molar-refractivity contribution in [1.29, 1.82) is 0 Å². The van der Waals surface area contributed by atoms with Gasteiger partial charge in [0.05, 0.1) is 11.2 Å². The van der Waals surface area contributed by atoms with Gasteiger partial charge in [-0.05, 0) is 74.9 Å². The van der Waals surface area contributed by atoms with Crippen LogP contribution in [0.2, 0.25) is 0 Å². The van der Waals surface area contributed by atoms with Crippen LogP contribution in [0.3, 0.4) is 0 Å². The summed E-state index contributed by atoms with van der Waals surface area (Å²) in [5.74, 6) is 1.23. The fourth-order valence-electron chi connectivity index (χ4n) is 4.68. The van der Waals surface area contributed by atoms with E-state index in [0.29, 0.717) is 5.92 Å². The number of pyridine rings is 1. The van der Waals surface area contributed by atoms with Gasteiger partial charge in [0, 0.05) is 22.3 Å². The topological polar surface area (TPSA) is 37.0 Å². The Balaban J connectivity index is 1.94. The molecular weight excluding hydrogens is 414 g/mol. The molecule has 1 unspecified atom stereocenters. The molecule has 1 atom stereocenters. The molecule has 3 nitrogen and oxygen atoms in total. The van der Waals surface area contributed by atoms with Gasteiger partial charge in [0.25, 0.3) is 0 Å². The fraction of sp³-hybridized carbons (Fsp3) is 0.323. The summed E-state index contributed by atoms with van der Waals surface area (Å²) >= 11 is 0. The van der Waals surface area contributed by atoms with Crippen LogP contribution in [-0.4, -0.2) is 4.98 Å². The number of rotatable bonds is 6. The smallest absolute Gasteiger partial charge is 0.136 e.